The number of nitro groups is 1. The number of rotatable bonds is 4. The molecule has 2 aromatic carbocycles. The molecule has 1 N–H and O–H groups in total. The summed E-state index contributed by atoms with van der Waals surface area (Å²) in [6.45, 7) is 0.146. The molecule has 0 fully saturated rings. The van der Waals surface area contributed by atoms with E-state index in [2.05, 4.69) is 17.2 Å². The molecule has 0 saturated carbocycles. The van der Waals surface area contributed by atoms with Gasteiger partial charge in [-0.3, -0.25) is 14.9 Å². The SMILES string of the molecule is COc1ccc(C#CCNC(=O)c2cccc([N+](=O)[O-])c2)cc1. The number of nitro benzene ring substituents is 1. The molecule has 6 heteroatoms. The zero-order valence-electron chi connectivity index (χ0n) is 12.4. The number of hydrogen-bond donors (Lipinski definition) is 1. The van der Waals surface area contributed by atoms with Crippen LogP contribution in [0.5, 0.6) is 5.75 Å². The van der Waals surface area contributed by atoms with Crippen molar-refractivity contribution in [3.63, 3.8) is 0 Å². The van der Waals surface area contributed by atoms with Crippen LogP contribution in [0.15, 0.2) is 48.5 Å². The number of carbonyl (C=O) groups excluding carboxylic acids is 1. The third-order valence-corrected chi connectivity index (χ3v) is 2.98. The molecule has 116 valence electrons. The van der Waals surface area contributed by atoms with Crippen LogP contribution in [0.3, 0.4) is 0 Å². The molecular formula is C17H14N2O4. The van der Waals surface area contributed by atoms with Gasteiger partial charge in [0.15, 0.2) is 0 Å². The highest BCUT2D eigenvalue weighted by atomic mass is 16.6. The van der Waals surface area contributed by atoms with Crippen molar-refractivity contribution in [2.45, 2.75) is 0 Å². The van der Waals surface area contributed by atoms with Crippen molar-refractivity contribution < 1.29 is 14.5 Å². The van der Waals surface area contributed by atoms with Gasteiger partial charge in [-0.2, -0.15) is 0 Å². The first-order chi connectivity index (χ1) is 11.1. The van der Waals surface area contributed by atoms with Gasteiger partial charge in [-0.25, -0.2) is 0 Å². The van der Waals surface area contributed by atoms with Gasteiger partial charge in [0.1, 0.15) is 5.75 Å². The second kappa shape index (κ2) is 7.61. The summed E-state index contributed by atoms with van der Waals surface area (Å²) in [4.78, 5) is 22.0. The van der Waals surface area contributed by atoms with Gasteiger partial charge in [-0.05, 0) is 30.3 Å². The fourth-order valence-electron chi connectivity index (χ4n) is 1.81. The van der Waals surface area contributed by atoms with Crippen LogP contribution in [-0.2, 0) is 0 Å². The van der Waals surface area contributed by atoms with Gasteiger partial charge >= 0.3 is 0 Å². The Morgan fingerprint density at radius 1 is 1.26 bits per heavy atom. The van der Waals surface area contributed by atoms with Gasteiger partial charge in [0.25, 0.3) is 11.6 Å². The minimum absolute atomic E-state index is 0.123. The highest BCUT2D eigenvalue weighted by Gasteiger charge is 2.10. The lowest BCUT2D eigenvalue weighted by molar-refractivity contribution is -0.384. The lowest BCUT2D eigenvalue weighted by Crippen LogP contribution is -2.23. The number of carbonyl (C=O) groups is 1. The minimum Gasteiger partial charge on any atom is -0.497 e. The lowest BCUT2D eigenvalue weighted by atomic mass is 10.2. The van der Waals surface area contributed by atoms with Gasteiger partial charge in [0.05, 0.1) is 18.6 Å². The predicted octanol–water partition coefficient (Wildman–Crippen LogP) is 2.38. The Morgan fingerprint density at radius 2 is 2.00 bits per heavy atom. The number of benzene rings is 2. The second-order valence-electron chi connectivity index (χ2n) is 4.52. The van der Waals surface area contributed by atoms with Crippen molar-refractivity contribution >= 4 is 11.6 Å². The number of amides is 1. The van der Waals surface area contributed by atoms with Crippen LogP contribution in [0, 0.1) is 22.0 Å². The molecule has 0 aliphatic rings. The number of methoxy groups -OCH3 is 1. The monoisotopic (exact) mass is 310 g/mol. The van der Waals surface area contributed by atoms with E-state index in [1.807, 2.05) is 12.1 Å². The fraction of sp³-hybridized carbons (Fsp3) is 0.118. The lowest BCUT2D eigenvalue weighted by Gasteiger charge is -2.01. The topological polar surface area (TPSA) is 81.5 Å². The summed E-state index contributed by atoms with van der Waals surface area (Å²) < 4.78 is 5.05. The summed E-state index contributed by atoms with van der Waals surface area (Å²) in [6.07, 6.45) is 0. The van der Waals surface area contributed by atoms with Crippen molar-refractivity contribution in [2.24, 2.45) is 0 Å². The normalized spacial score (nSPS) is 9.43. The summed E-state index contributed by atoms with van der Waals surface area (Å²) in [5.74, 6) is 6.06. The molecule has 0 atom stereocenters. The van der Waals surface area contributed by atoms with Crippen LogP contribution in [0.2, 0.25) is 0 Å². The molecule has 0 saturated heterocycles. The number of nitrogens with zero attached hydrogens (tertiary/aromatic N) is 1. The Balaban J connectivity index is 1.93. The molecule has 0 unspecified atom stereocenters. The first-order valence-corrected chi connectivity index (χ1v) is 6.76. The van der Waals surface area contributed by atoms with Crippen molar-refractivity contribution in [3.05, 3.63) is 69.8 Å². The molecule has 0 heterocycles. The highest BCUT2D eigenvalue weighted by molar-refractivity contribution is 5.94. The van der Waals surface area contributed by atoms with E-state index in [1.54, 1.807) is 19.2 Å². The number of hydrogen-bond acceptors (Lipinski definition) is 4. The van der Waals surface area contributed by atoms with Crippen molar-refractivity contribution in [3.8, 4) is 17.6 Å². The first-order valence-electron chi connectivity index (χ1n) is 6.76. The van der Waals surface area contributed by atoms with Crippen molar-refractivity contribution in [1.29, 1.82) is 0 Å². The summed E-state index contributed by atoms with van der Waals surface area (Å²) in [7, 11) is 1.59. The summed E-state index contributed by atoms with van der Waals surface area (Å²) in [5.41, 5.74) is 0.905. The molecule has 0 bridgehead atoms. The van der Waals surface area contributed by atoms with E-state index in [-0.39, 0.29) is 17.8 Å². The molecule has 0 aliphatic carbocycles. The van der Waals surface area contributed by atoms with Crippen LogP contribution in [-0.4, -0.2) is 24.5 Å². The quantitative estimate of drug-likeness (QED) is 0.534. The fourth-order valence-corrected chi connectivity index (χ4v) is 1.81. The maximum Gasteiger partial charge on any atom is 0.270 e. The Bertz CT molecular complexity index is 773. The third-order valence-electron chi connectivity index (χ3n) is 2.98. The van der Waals surface area contributed by atoms with E-state index in [9.17, 15) is 14.9 Å². The minimum atomic E-state index is -0.541. The average Bonchev–Trinajstić information content (AvgIpc) is 2.59. The molecule has 6 nitrogen and oxygen atoms in total. The van der Waals surface area contributed by atoms with Crippen LogP contribution < -0.4 is 10.1 Å². The van der Waals surface area contributed by atoms with Crippen molar-refractivity contribution in [2.75, 3.05) is 13.7 Å². The van der Waals surface area contributed by atoms with Crippen LogP contribution >= 0.6 is 0 Å². The van der Waals surface area contributed by atoms with E-state index in [0.717, 1.165) is 11.3 Å². The molecule has 23 heavy (non-hydrogen) atoms. The summed E-state index contributed by atoms with van der Waals surface area (Å²) in [5, 5.41) is 13.3. The smallest absolute Gasteiger partial charge is 0.270 e. The predicted molar refractivity (Wildman–Crippen MR) is 85.3 cm³/mol. The Kier molecular flexibility index (Phi) is 5.31. The van der Waals surface area contributed by atoms with E-state index < -0.39 is 10.8 Å². The Morgan fingerprint density at radius 3 is 2.65 bits per heavy atom. The molecular weight excluding hydrogens is 296 g/mol. The standard InChI is InChI=1S/C17H14N2O4/c1-23-16-9-7-13(8-10-16)4-3-11-18-17(20)14-5-2-6-15(12-14)19(21)22/h2,5-10,12H,11H2,1H3,(H,18,20). The van der Waals surface area contributed by atoms with Gasteiger partial charge in [-0.1, -0.05) is 17.9 Å². The summed E-state index contributed by atoms with van der Waals surface area (Å²) in [6, 6.07) is 12.8. The average molecular weight is 310 g/mol. The van der Waals surface area contributed by atoms with Crippen LogP contribution in [0.4, 0.5) is 5.69 Å². The molecule has 0 radical (unpaired) electrons. The van der Waals surface area contributed by atoms with E-state index in [4.69, 9.17) is 4.74 Å². The largest absolute Gasteiger partial charge is 0.497 e. The Labute approximate surface area is 133 Å². The molecule has 2 rings (SSSR count). The van der Waals surface area contributed by atoms with Gasteiger partial charge in [-0.15, -0.1) is 0 Å². The van der Waals surface area contributed by atoms with E-state index in [0.29, 0.717) is 0 Å². The number of non-ortho nitro benzene ring substituents is 1. The third kappa shape index (κ3) is 4.58. The molecule has 0 aliphatic heterocycles. The molecule has 2 aromatic rings. The van der Waals surface area contributed by atoms with Gasteiger partial charge < -0.3 is 10.1 Å². The molecule has 1 amide bonds. The van der Waals surface area contributed by atoms with E-state index in [1.165, 1.54) is 24.3 Å². The van der Waals surface area contributed by atoms with E-state index >= 15 is 0 Å². The van der Waals surface area contributed by atoms with Gasteiger partial charge in [0.2, 0.25) is 0 Å². The number of nitrogens with one attached hydrogen (secondary N) is 1. The zero-order chi connectivity index (χ0) is 16.7. The maximum absolute atomic E-state index is 11.9. The first kappa shape index (κ1) is 16.0. The Hall–Kier alpha value is -3.33. The molecule has 0 aromatic heterocycles. The van der Waals surface area contributed by atoms with Gasteiger partial charge in [0, 0.05) is 23.3 Å². The number of ether oxygens (including phenoxy) is 1. The highest BCUT2D eigenvalue weighted by Crippen LogP contribution is 2.13. The van der Waals surface area contributed by atoms with Crippen molar-refractivity contribution in [1.82, 2.24) is 5.32 Å². The summed E-state index contributed by atoms with van der Waals surface area (Å²) >= 11 is 0. The molecule has 0 spiro atoms. The second-order valence-corrected chi connectivity index (χ2v) is 4.52. The van der Waals surface area contributed by atoms with Crippen LogP contribution in [0.25, 0.3) is 0 Å². The maximum atomic E-state index is 11.9. The van der Waals surface area contributed by atoms with Crippen LogP contribution in [0.1, 0.15) is 15.9 Å². The zero-order valence-corrected chi connectivity index (χ0v) is 12.4.